The molecule has 4 unspecified atom stereocenters. The lowest BCUT2D eigenvalue weighted by Gasteiger charge is -2.14. The molecule has 0 aromatic carbocycles. The Morgan fingerprint density at radius 1 is 0.824 bits per heavy atom. The molecule has 96 valence electrons. The predicted molar refractivity (Wildman–Crippen MR) is 55.6 cm³/mol. The Morgan fingerprint density at radius 2 is 1.24 bits per heavy atom. The smallest absolute Gasteiger partial charge is 0.319 e. The summed E-state index contributed by atoms with van der Waals surface area (Å²) in [5.74, 6) is -3.31. The first kappa shape index (κ1) is 12.5. The summed E-state index contributed by atoms with van der Waals surface area (Å²) in [7, 11) is 0. The summed E-state index contributed by atoms with van der Waals surface area (Å²) in [6, 6.07) is 0. The molecule has 0 aromatic rings. The molecule has 0 radical (unpaired) electrons. The number of alkyl halides is 2. The van der Waals surface area contributed by atoms with Crippen molar-refractivity contribution in [1.29, 1.82) is 0 Å². The van der Waals surface area contributed by atoms with Gasteiger partial charge in [-0.25, -0.2) is 8.78 Å². The van der Waals surface area contributed by atoms with Crippen molar-refractivity contribution in [3.05, 3.63) is 0 Å². The zero-order chi connectivity index (χ0) is 12.4. The van der Waals surface area contributed by atoms with Gasteiger partial charge >= 0.3 is 11.9 Å². The summed E-state index contributed by atoms with van der Waals surface area (Å²) in [6.45, 7) is 0. The number of carbonyl (C=O) groups excluding carboxylic acids is 2. The average molecular weight is 246 g/mol. The molecule has 0 N–H and O–H groups in total. The zero-order valence-corrected chi connectivity index (χ0v) is 9.53. The average Bonchev–Trinajstić information content (AvgIpc) is 2.86. The Labute approximate surface area is 98.5 Å². The van der Waals surface area contributed by atoms with Crippen LogP contribution in [0.15, 0.2) is 0 Å². The molecule has 4 atom stereocenters. The third-order valence-electron chi connectivity index (χ3n) is 3.67. The Balaban J connectivity index is 1.88. The van der Waals surface area contributed by atoms with Crippen molar-refractivity contribution >= 4 is 11.9 Å². The van der Waals surface area contributed by atoms with Crippen molar-refractivity contribution in [1.82, 2.24) is 0 Å². The number of hydrogen-bond acceptors (Lipinski definition) is 3. The topological polar surface area (TPSA) is 43.4 Å². The maximum atomic E-state index is 13.3. The Hall–Kier alpha value is -1.00. The van der Waals surface area contributed by atoms with Gasteiger partial charge in [0.2, 0.25) is 0 Å². The highest BCUT2D eigenvalue weighted by Gasteiger charge is 2.39. The molecule has 0 aromatic heterocycles. The van der Waals surface area contributed by atoms with Crippen molar-refractivity contribution in [2.75, 3.05) is 0 Å². The van der Waals surface area contributed by atoms with Crippen LogP contribution in [0.3, 0.4) is 0 Å². The van der Waals surface area contributed by atoms with E-state index in [-0.39, 0.29) is 0 Å². The molecule has 2 saturated carbocycles. The lowest BCUT2D eigenvalue weighted by Crippen LogP contribution is -2.30. The number of carbonyl (C=O) groups is 2. The van der Waals surface area contributed by atoms with Gasteiger partial charge in [0.05, 0.1) is 11.8 Å². The number of ether oxygens (including phenoxy) is 1. The van der Waals surface area contributed by atoms with E-state index in [9.17, 15) is 18.4 Å². The van der Waals surface area contributed by atoms with Crippen LogP contribution in [0.4, 0.5) is 8.78 Å². The van der Waals surface area contributed by atoms with E-state index in [1.807, 2.05) is 0 Å². The Morgan fingerprint density at radius 3 is 1.53 bits per heavy atom. The highest BCUT2D eigenvalue weighted by molar-refractivity contribution is 5.88. The van der Waals surface area contributed by atoms with Crippen LogP contribution in [0.1, 0.15) is 38.5 Å². The molecule has 3 nitrogen and oxygen atoms in total. The summed E-state index contributed by atoms with van der Waals surface area (Å²) in [5.41, 5.74) is 0. The van der Waals surface area contributed by atoms with Crippen molar-refractivity contribution in [2.45, 2.75) is 50.9 Å². The van der Waals surface area contributed by atoms with Crippen molar-refractivity contribution in [3.63, 3.8) is 0 Å². The summed E-state index contributed by atoms with van der Waals surface area (Å²) in [5, 5.41) is 0. The lowest BCUT2D eigenvalue weighted by molar-refractivity contribution is -0.167. The number of rotatable bonds is 2. The lowest BCUT2D eigenvalue weighted by atomic mass is 10.1. The summed E-state index contributed by atoms with van der Waals surface area (Å²) in [4.78, 5) is 23.0. The van der Waals surface area contributed by atoms with E-state index in [0.717, 1.165) is 0 Å². The fraction of sp³-hybridized carbons (Fsp3) is 0.833. The fourth-order valence-corrected chi connectivity index (χ4v) is 2.61. The maximum Gasteiger partial charge on any atom is 0.319 e. The highest BCUT2D eigenvalue weighted by Crippen LogP contribution is 2.32. The molecular formula is C12H16F2O3. The van der Waals surface area contributed by atoms with E-state index in [1.54, 1.807) is 0 Å². The molecule has 0 heterocycles. The van der Waals surface area contributed by atoms with Crippen molar-refractivity contribution in [2.24, 2.45) is 11.8 Å². The van der Waals surface area contributed by atoms with Gasteiger partial charge in [-0.1, -0.05) is 0 Å². The third kappa shape index (κ3) is 2.64. The minimum atomic E-state index is -1.22. The second kappa shape index (κ2) is 5.10. The first-order chi connectivity index (χ1) is 8.09. The summed E-state index contributed by atoms with van der Waals surface area (Å²) >= 11 is 0. The molecule has 0 saturated heterocycles. The van der Waals surface area contributed by atoms with Gasteiger partial charge in [-0.15, -0.1) is 0 Å². The first-order valence-electron chi connectivity index (χ1n) is 6.13. The van der Waals surface area contributed by atoms with Crippen LogP contribution in [-0.4, -0.2) is 24.3 Å². The van der Waals surface area contributed by atoms with Crippen LogP contribution in [-0.2, 0) is 14.3 Å². The van der Waals surface area contributed by atoms with Crippen LogP contribution >= 0.6 is 0 Å². The normalized spacial score (nSPS) is 37.1. The second-order valence-corrected chi connectivity index (χ2v) is 4.85. The first-order valence-corrected chi connectivity index (χ1v) is 6.13. The van der Waals surface area contributed by atoms with E-state index >= 15 is 0 Å². The molecule has 0 aliphatic heterocycles. The largest absolute Gasteiger partial charge is 0.393 e. The standard InChI is InChI=1S/C12H16F2O3/c13-9-5-1-3-7(9)11(15)17-12(16)8-4-2-6-10(8)14/h7-10H,1-6H2. The van der Waals surface area contributed by atoms with E-state index in [4.69, 9.17) is 0 Å². The van der Waals surface area contributed by atoms with E-state index in [2.05, 4.69) is 4.74 Å². The molecule has 5 heteroatoms. The summed E-state index contributed by atoms with van der Waals surface area (Å²) in [6.07, 6.45) is 0.314. The molecule has 0 spiro atoms. The quantitative estimate of drug-likeness (QED) is 0.554. The minimum absolute atomic E-state index is 0.336. The van der Waals surface area contributed by atoms with Gasteiger partial charge in [0, 0.05) is 0 Å². The van der Waals surface area contributed by atoms with Crippen LogP contribution < -0.4 is 0 Å². The molecule has 17 heavy (non-hydrogen) atoms. The van der Waals surface area contributed by atoms with Gasteiger partial charge in [-0.3, -0.25) is 9.59 Å². The van der Waals surface area contributed by atoms with E-state index in [0.29, 0.717) is 38.5 Å². The number of halogens is 2. The van der Waals surface area contributed by atoms with Crippen molar-refractivity contribution in [3.8, 4) is 0 Å². The third-order valence-corrected chi connectivity index (χ3v) is 3.67. The predicted octanol–water partition coefficient (Wildman–Crippen LogP) is 2.33. The highest BCUT2D eigenvalue weighted by atomic mass is 19.1. The second-order valence-electron chi connectivity index (χ2n) is 4.85. The van der Waals surface area contributed by atoms with Gasteiger partial charge in [0.15, 0.2) is 0 Å². The molecular weight excluding hydrogens is 230 g/mol. The molecule has 0 amide bonds. The minimum Gasteiger partial charge on any atom is -0.393 e. The molecule has 2 fully saturated rings. The monoisotopic (exact) mass is 246 g/mol. The SMILES string of the molecule is O=C(OC(=O)C1CCCC1F)C1CCCC1F. The number of hydrogen-bond donors (Lipinski definition) is 0. The van der Waals surface area contributed by atoms with Gasteiger partial charge in [-0.05, 0) is 38.5 Å². The number of esters is 2. The molecule has 2 aliphatic rings. The van der Waals surface area contributed by atoms with E-state index in [1.165, 1.54) is 0 Å². The van der Waals surface area contributed by atoms with Gasteiger partial charge in [0.1, 0.15) is 12.3 Å². The fourth-order valence-electron chi connectivity index (χ4n) is 2.61. The Bertz CT molecular complexity index is 289. The van der Waals surface area contributed by atoms with Crippen molar-refractivity contribution < 1.29 is 23.1 Å². The molecule has 2 aliphatic carbocycles. The summed E-state index contributed by atoms with van der Waals surface area (Å²) < 4.78 is 31.1. The van der Waals surface area contributed by atoms with Gasteiger partial charge in [0.25, 0.3) is 0 Å². The molecule has 0 bridgehead atoms. The van der Waals surface area contributed by atoms with Crippen LogP contribution in [0.5, 0.6) is 0 Å². The van der Waals surface area contributed by atoms with Gasteiger partial charge in [-0.2, -0.15) is 0 Å². The van der Waals surface area contributed by atoms with Crippen LogP contribution in [0, 0.1) is 11.8 Å². The van der Waals surface area contributed by atoms with E-state index < -0.39 is 36.1 Å². The van der Waals surface area contributed by atoms with Crippen LogP contribution in [0.25, 0.3) is 0 Å². The van der Waals surface area contributed by atoms with Crippen LogP contribution in [0.2, 0.25) is 0 Å². The Kier molecular flexibility index (Phi) is 3.74. The van der Waals surface area contributed by atoms with Gasteiger partial charge < -0.3 is 4.74 Å². The molecule has 2 rings (SSSR count). The maximum absolute atomic E-state index is 13.3. The zero-order valence-electron chi connectivity index (χ0n) is 9.53.